The minimum Gasteiger partial charge on any atom is -0.475 e. The van der Waals surface area contributed by atoms with Gasteiger partial charge in [0, 0.05) is 64.6 Å². The zero-order valence-corrected chi connectivity index (χ0v) is 28.0. The lowest BCUT2D eigenvalue weighted by Crippen LogP contribution is -2.51. The molecule has 0 spiro atoms. The fourth-order valence-electron chi connectivity index (χ4n) is 4.99. The molecule has 52 heavy (non-hydrogen) atoms. The van der Waals surface area contributed by atoms with E-state index in [4.69, 9.17) is 29.7 Å². The van der Waals surface area contributed by atoms with Gasteiger partial charge in [-0.1, -0.05) is 0 Å². The lowest BCUT2D eigenvalue weighted by atomic mass is 10.1. The SMILES string of the molecule is CC(C)N1CCN(CC2CC2)CC1c1nnc2ccc(C(=O)N3CCN(C)CC3)cn12.O=C(O)C(F)(F)F.O=C(O)C(F)(F)F.O=C(O)C(F)(F)F. The number of hydrogen-bond acceptors (Lipinski definition) is 9. The van der Waals surface area contributed by atoms with E-state index in [1.54, 1.807) is 0 Å². The Labute approximate surface area is 290 Å². The van der Waals surface area contributed by atoms with Crippen LogP contribution in [0.5, 0.6) is 0 Å². The first kappa shape index (κ1) is 43.9. The van der Waals surface area contributed by atoms with Gasteiger partial charge in [-0.15, -0.1) is 10.2 Å². The third kappa shape index (κ3) is 13.7. The standard InChI is InChI=1S/C23H35N7O.3C2HF3O2/c1-17(2)29-13-10-27(14-18-4-5-18)16-20(29)22-25-24-21-7-6-19(15-30(21)22)23(31)28-11-8-26(3)9-12-28;3*3-2(4,5)1(6)7/h6-7,15,17-18,20H,4-5,8-14,16H2,1-3H3;3*(H,6,7). The molecule has 0 bridgehead atoms. The number of fused-ring (bicyclic) bond motifs is 1. The zero-order chi connectivity index (χ0) is 39.8. The molecule has 294 valence electrons. The van der Waals surface area contributed by atoms with Crippen molar-refractivity contribution in [1.29, 1.82) is 0 Å². The molecule has 2 saturated heterocycles. The average Bonchev–Trinajstić information content (AvgIpc) is 3.75. The number of carbonyl (C=O) groups is 4. The third-order valence-electron chi connectivity index (χ3n) is 7.87. The number of halogens is 9. The Morgan fingerprint density at radius 3 is 1.67 bits per heavy atom. The van der Waals surface area contributed by atoms with Crippen molar-refractivity contribution in [2.75, 3.05) is 59.4 Å². The third-order valence-corrected chi connectivity index (χ3v) is 7.87. The van der Waals surface area contributed by atoms with Crippen LogP contribution in [0.3, 0.4) is 0 Å². The monoisotopic (exact) mass is 767 g/mol. The van der Waals surface area contributed by atoms with E-state index in [9.17, 15) is 44.3 Å². The number of aliphatic carboxylic acids is 3. The van der Waals surface area contributed by atoms with Crippen molar-refractivity contribution in [3.63, 3.8) is 0 Å². The normalized spacial score (nSPS) is 19.1. The van der Waals surface area contributed by atoms with Gasteiger partial charge in [-0.2, -0.15) is 39.5 Å². The van der Waals surface area contributed by atoms with Crippen LogP contribution in [0.4, 0.5) is 39.5 Å². The second kappa shape index (κ2) is 18.0. The second-order valence-corrected chi connectivity index (χ2v) is 12.3. The molecule has 0 radical (unpaired) electrons. The summed E-state index contributed by atoms with van der Waals surface area (Å²) < 4.78 is 97.3. The summed E-state index contributed by atoms with van der Waals surface area (Å²) in [6.07, 6.45) is -10.5. The summed E-state index contributed by atoms with van der Waals surface area (Å²) in [5.41, 5.74) is 1.53. The number of carboxylic acid groups (broad SMARTS) is 3. The van der Waals surface area contributed by atoms with E-state index < -0.39 is 36.4 Å². The fraction of sp³-hybridized carbons (Fsp3) is 0.655. The van der Waals surface area contributed by atoms with Crippen LogP contribution in [0.2, 0.25) is 0 Å². The summed E-state index contributed by atoms with van der Waals surface area (Å²) in [6.45, 7) is 12.3. The van der Waals surface area contributed by atoms with Crippen molar-refractivity contribution < 1.29 is 74.0 Å². The predicted molar refractivity (Wildman–Crippen MR) is 161 cm³/mol. The minimum atomic E-state index is -5.08. The van der Waals surface area contributed by atoms with Gasteiger partial charge in [0.25, 0.3) is 5.91 Å². The summed E-state index contributed by atoms with van der Waals surface area (Å²) in [5.74, 6) is -6.33. The maximum absolute atomic E-state index is 13.1. The predicted octanol–water partition coefficient (Wildman–Crippen LogP) is 3.49. The highest BCUT2D eigenvalue weighted by molar-refractivity contribution is 5.94. The molecule has 1 atom stereocenters. The number of carboxylic acids is 3. The number of alkyl halides is 9. The quantitative estimate of drug-likeness (QED) is 0.379. The van der Waals surface area contributed by atoms with Crippen molar-refractivity contribution in [3.8, 4) is 0 Å². The van der Waals surface area contributed by atoms with Crippen LogP contribution in [0.1, 0.15) is 48.9 Å². The number of aromatic nitrogens is 3. The Kier molecular flexibility index (Phi) is 15.2. The highest BCUT2D eigenvalue weighted by Crippen LogP contribution is 2.33. The van der Waals surface area contributed by atoms with Crippen molar-refractivity contribution in [3.05, 3.63) is 29.7 Å². The molecule has 2 aromatic rings. The minimum absolute atomic E-state index is 0.106. The van der Waals surface area contributed by atoms with Gasteiger partial charge in [-0.25, -0.2) is 14.4 Å². The molecule has 3 aliphatic rings. The maximum Gasteiger partial charge on any atom is 0.490 e. The smallest absolute Gasteiger partial charge is 0.475 e. The molecule has 0 aromatic carbocycles. The Bertz CT molecular complexity index is 1460. The van der Waals surface area contributed by atoms with Crippen LogP contribution >= 0.6 is 0 Å². The number of piperazine rings is 2. The van der Waals surface area contributed by atoms with Gasteiger partial charge in [-0.05, 0) is 51.8 Å². The summed E-state index contributed by atoms with van der Waals surface area (Å²) in [5, 5.41) is 30.4. The van der Waals surface area contributed by atoms with E-state index in [1.165, 1.54) is 19.4 Å². The molecule has 1 unspecified atom stereocenters. The van der Waals surface area contributed by atoms with Gasteiger partial charge in [0.1, 0.15) is 0 Å². The molecule has 1 aliphatic carbocycles. The number of amides is 1. The molecule has 1 saturated carbocycles. The molecule has 23 heteroatoms. The first-order valence-electron chi connectivity index (χ1n) is 15.5. The highest BCUT2D eigenvalue weighted by atomic mass is 19.4. The molecule has 4 heterocycles. The maximum atomic E-state index is 13.1. The molecular formula is C29H38F9N7O7. The van der Waals surface area contributed by atoms with E-state index in [0.717, 1.165) is 68.8 Å². The van der Waals surface area contributed by atoms with Crippen LogP contribution in [0, 0.1) is 5.92 Å². The fourth-order valence-corrected chi connectivity index (χ4v) is 4.99. The summed E-state index contributed by atoms with van der Waals surface area (Å²) in [6, 6.07) is 4.46. The number of nitrogens with zero attached hydrogens (tertiary/aromatic N) is 7. The number of pyridine rings is 1. The number of likely N-dealkylation sites (N-methyl/N-ethyl adjacent to an activating group) is 1. The van der Waals surface area contributed by atoms with Crippen LogP contribution < -0.4 is 0 Å². The van der Waals surface area contributed by atoms with Crippen molar-refractivity contribution in [2.24, 2.45) is 5.92 Å². The Morgan fingerprint density at radius 2 is 1.25 bits per heavy atom. The Morgan fingerprint density at radius 1 is 0.769 bits per heavy atom. The Balaban J connectivity index is 0.000000365. The van der Waals surface area contributed by atoms with E-state index in [1.807, 2.05) is 23.2 Å². The van der Waals surface area contributed by atoms with Crippen molar-refractivity contribution in [1.82, 2.24) is 34.2 Å². The highest BCUT2D eigenvalue weighted by Gasteiger charge is 2.40. The topological polar surface area (TPSA) is 172 Å². The van der Waals surface area contributed by atoms with Gasteiger partial charge in [0.2, 0.25) is 0 Å². The zero-order valence-electron chi connectivity index (χ0n) is 28.0. The molecule has 3 N–H and O–H groups in total. The molecular weight excluding hydrogens is 729 g/mol. The van der Waals surface area contributed by atoms with Gasteiger partial charge < -0.3 is 25.1 Å². The Hall–Kier alpha value is -4.25. The summed E-state index contributed by atoms with van der Waals surface area (Å²) in [4.78, 5) is 49.2. The lowest BCUT2D eigenvalue weighted by Gasteiger charge is -2.42. The summed E-state index contributed by atoms with van der Waals surface area (Å²) >= 11 is 0. The van der Waals surface area contributed by atoms with Gasteiger partial charge >= 0.3 is 36.4 Å². The second-order valence-electron chi connectivity index (χ2n) is 12.3. The van der Waals surface area contributed by atoms with Crippen LogP contribution in [0.25, 0.3) is 5.65 Å². The van der Waals surface area contributed by atoms with Crippen LogP contribution in [-0.2, 0) is 14.4 Å². The lowest BCUT2D eigenvalue weighted by molar-refractivity contribution is -0.193. The van der Waals surface area contributed by atoms with Gasteiger partial charge in [0.15, 0.2) is 11.5 Å². The van der Waals surface area contributed by atoms with Crippen LogP contribution in [-0.4, -0.2) is 157 Å². The van der Waals surface area contributed by atoms with Gasteiger partial charge in [-0.3, -0.25) is 19.0 Å². The van der Waals surface area contributed by atoms with Gasteiger partial charge in [0.05, 0.1) is 11.6 Å². The first-order valence-corrected chi connectivity index (χ1v) is 15.5. The molecule has 14 nitrogen and oxygen atoms in total. The summed E-state index contributed by atoms with van der Waals surface area (Å²) in [7, 11) is 2.11. The molecule has 1 amide bonds. The van der Waals surface area contributed by atoms with E-state index in [2.05, 4.69) is 50.2 Å². The van der Waals surface area contributed by atoms with Crippen LogP contribution in [0.15, 0.2) is 18.3 Å². The first-order chi connectivity index (χ1) is 23.8. The largest absolute Gasteiger partial charge is 0.490 e. The molecule has 2 aromatic heterocycles. The number of carbonyl (C=O) groups excluding carboxylic acids is 1. The van der Waals surface area contributed by atoms with E-state index in [0.29, 0.717) is 6.04 Å². The van der Waals surface area contributed by atoms with Crippen molar-refractivity contribution in [2.45, 2.75) is 57.3 Å². The number of rotatable bonds is 5. The average molecular weight is 768 g/mol. The van der Waals surface area contributed by atoms with E-state index in [-0.39, 0.29) is 11.9 Å². The molecule has 2 aliphatic heterocycles. The molecule has 5 rings (SSSR count). The van der Waals surface area contributed by atoms with Crippen molar-refractivity contribution >= 4 is 29.5 Å². The molecule has 3 fully saturated rings. The number of hydrogen-bond donors (Lipinski definition) is 3. The van der Waals surface area contributed by atoms with E-state index >= 15 is 0 Å².